The summed E-state index contributed by atoms with van der Waals surface area (Å²) in [5.74, 6) is 1.94. The summed E-state index contributed by atoms with van der Waals surface area (Å²) in [5, 5.41) is 13.2. The molecule has 1 aliphatic carbocycles. The molecule has 1 aromatic heterocycles. The van der Waals surface area contributed by atoms with Crippen LogP contribution < -0.4 is 0 Å². The predicted octanol–water partition coefficient (Wildman–Crippen LogP) is 2.32. The van der Waals surface area contributed by atoms with Crippen LogP contribution in [0.4, 0.5) is 0 Å². The van der Waals surface area contributed by atoms with Gasteiger partial charge >= 0.3 is 0 Å². The van der Waals surface area contributed by atoms with Gasteiger partial charge in [-0.15, -0.1) is 0 Å². The van der Waals surface area contributed by atoms with Gasteiger partial charge in [-0.3, -0.25) is 0 Å². The molecule has 0 bridgehead atoms. The molecule has 3 rings (SSSR count). The maximum absolute atomic E-state index is 9.32. The van der Waals surface area contributed by atoms with E-state index in [0.717, 1.165) is 18.4 Å². The molecule has 0 saturated heterocycles. The number of benzene rings is 1. The average Bonchev–Trinajstić information content (AvgIpc) is 2.97. The van der Waals surface area contributed by atoms with Crippen LogP contribution in [-0.2, 0) is 0 Å². The SMILES string of the molecule is Oc1cccc(-c2noc(C3CC3)n2)c1. The monoisotopic (exact) mass is 202 g/mol. The van der Waals surface area contributed by atoms with E-state index < -0.39 is 0 Å². The zero-order valence-corrected chi connectivity index (χ0v) is 8.05. The van der Waals surface area contributed by atoms with Crippen LogP contribution in [0.1, 0.15) is 24.7 Å². The average molecular weight is 202 g/mol. The van der Waals surface area contributed by atoms with Crippen molar-refractivity contribution in [1.29, 1.82) is 0 Å². The third-order valence-corrected chi connectivity index (χ3v) is 2.47. The molecular formula is C11H10N2O2. The van der Waals surface area contributed by atoms with Gasteiger partial charge in [0.15, 0.2) is 0 Å². The van der Waals surface area contributed by atoms with E-state index in [9.17, 15) is 5.11 Å². The summed E-state index contributed by atoms with van der Waals surface area (Å²) in [6.45, 7) is 0. The van der Waals surface area contributed by atoms with Gasteiger partial charge in [-0.1, -0.05) is 17.3 Å². The molecule has 0 radical (unpaired) electrons. The van der Waals surface area contributed by atoms with Crippen molar-refractivity contribution < 1.29 is 9.63 Å². The van der Waals surface area contributed by atoms with E-state index in [-0.39, 0.29) is 5.75 Å². The van der Waals surface area contributed by atoms with E-state index in [1.165, 1.54) is 0 Å². The maximum Gasteiger partial charge on any atom is 0.230 e. The lowest BCUT2D eigenvalue weighted by Crippen LogP contribution is -1.81. The smallest absolute Gasteiger partial charge is 0.230 e. The maximum atomic E-state index is 9.32. The molecule has 0 atom stereocenters. The van der Waals surface area contributed by atoms with Crippen molar-refractivity contribution >= 4 is 0 Å². The first kappa shape index (κ1) is 8.47. The van der Waals surface area contributed by atoms with Gasteiger partial charge in [0.25, 0.3) is 0 Å². The van der Waals surface area contributed by atoms with Crippen LogP contribution in [0.25, 0.3) is 11.4 Å². The summed E-state index contributed by atoms with van der Waals surface area (Å²) >= 11 is 0. The fraction of sp³-hybridized carbons (Fsp3) is 0.273. The number of phenolic OH excluding ortho intramolecular Hbond substituents is 1. The van der Waals surface area contributed by atoms with Crippen molar-refractivity contribution in [3.8, 4) is 17.1 Å². The highest BCUT2D eigenvalue weighted by Gasteiger charge is 2.29. The molecule has 4 nitrogen and oxygen atoms in total. The second-order valence-electron chi connectivity index (χ2n) is 3.78. The molecule has 0 spiro atoms. The zero-order chi connectivity index (χ0) is 10.3. The Morgan fingerprint density at radius 3 is 2.93 bits per heavy atom. The number of aromatic nitrogens is 2. The first-order chi connectivity index (χ1) is 7.33. The largest absolute Gasteiger partial charge is 0.508 e. The lowest BCUT2D eigenvalue weighted by Gasteiger charge is -1.94. The number of aromatic hydroxyl groups is 1. The normalized spacial score (nSPS) is 15.5. The van der Waals surface area contributed by atoms with Gasteiger partial charge < -0.3 is 9.63 Å². The van der Waals surface area contributed by atoms with Crippen LogP contribution in [0, 0.1) is 0 Å². The first-order valence-corrected chi connectivity index (χ1v) is 4.96. The van der Waals surface area contributed by atoms with Crippen LogP contribution in [0.15, 0.2) is 28.8 Å². The molecule has 1 fully saturated rings. The van der Waals surface area contributed by atoms with Crippen LogP contribution in [0.2, 0.25) is 0 Å². The van der Waals surface area contributed by atoms with Crippen molar-refractivity contribution in [3.05, 3.63) is 30.2 Å². The Labute approximate surface area is 86.6 Å². The standard InChI is InChI=1S/C11H10N2O2/c14-9-3-1-2-8(6-9)10-12-11(15-13-10)7-4-5-7/h1-3,6-7,14H,4-5H2. The van der Waals surface area contributed by atoms with Gasteiger partial charge in [-0.05, 0) is 25.0 Å². The Balaban J connectivity index is 1.97. The number of hydrogen-bond donors (Lipinski definition) is 1. The number of nitrogens with zero attached hydrogens (tertiary/aromatic N) is 2. The Kier molecular flexibility index (Phi) is 1.74. The molecule has 1 aliphatic rings. The molecule has 0 unspecified atom stereocenters. The second-order valence-corrected chi connectivity index (χ2v) is 3.78. The van der Waals surface area contributed by atoms with E-state index in [0.29, 0.717) is 17.6 Å². The molecule has 76 valence electrons. The number of phenols is 1. The highest BCUT2D eigenvalue weighted by Crippen LogP contribution is 2.39. The van der Waals surface area contributed by atoms with Gasteiger partial charge in [0, 0.05) is 11.5 Å². The Bertz CT molecular complexity index is 489. The molecule has 0 amide bonds. The van der Waals surface area contributed by atoms with E-state index in [1.807, 2.05) is 6.07 Å². The van der Waals surface area contributed by atoms with Gasteiger partial charge in [-0.25, -0.2) is 0 Å². The lowest BCUT2D eigenvalue weighted by molar-refractivity contribution is 0.380. The molecule has 0 aliphatic heterocycles. The molecule has 1 heterocycles. The van der Waals surface area contributed by atoms with Crippen LogP contribution in [0.3, 0.4) is 0 Å². The van der Waals surface area contributed by atoms with Crippen molar-refractivity contribution in [1.82, 2.24) is 10.1 Å². The topological polar surface area (TPSA) is 59.2 Å². The summed E-state index contributed by atoms with van der Waals surface area (Å²) in [4.78, 5) is 4.29. The fourth-order valence-corrected chi connectivity index (χ4v) is 1.49. The van der Waals surface area contributed by atoms with Gasteiger partial charge in [-0.2, -0.15) is 4.98 Å². The van der Waals surface area contributed by atoms with E-state index in [1.54, 1.807) is 18.2 Å². The summed E-state index contributed by atoms with van der Waals surface area (Å²) in [6, 6.07) is 6.85. The minimum atomic E-state index is 0.213. The third-order valence-electron chi connectivity index (χ3n) is 2.47. The Morgan fingerprint density at radius 2 is 2.20 bits per heavy atom. The molecule has 1 aromatic carbocycles. The quantitative estimate of drug-likeness (QED) is 0.811. The van der Waals surface area contributed by atoms with Gasteiger partial charge in [0.2, 0.25) is 11.7 Å². The van der Waals surface area contributed by atoms with Crippen LogP contribution in [-0.4, -0.2) is 15.2 Å². The van der Waals surface area contributed by atoms with Crippen LogP contribution >= 0.6 is 0 Å². The van der Waals surface area contributed by atoms with E-state index in [2.05, 4.69) is 10.1 Å². The molecule has 4 heteroatoms. The summed E-state index contributed by atoms with van der Waals surface area (Å²) in [7, 11) is 0. The molecule has 1 N–H and O–H groups in total. The zero-order valence-electron chi connectivity index (χ0n) is 8.05. The lowest BCUT2D eigenvalue weighted by atomic mass is 10.2. The van der Waals surface area contributed by atoms with Gasteiger partial charge in [0.05, 0.1) is 0 Å². The highest BCUT2D eigenvalue weighted by atomic mass is 16.5. The van der Waals surface area contributed by atoms with Crippen molar-refractivity contribution in [2.45, 2.75) is 18.8 Å². The molecule has 15 heavy (non-hydrogen) atoms. The minimum absolute atomic E-state index is 0.213. The Morgan fingerprint density at radius 1 is 1.33 bits per heavy atom. The number of rotatable bonds is 2. The second kappa shape index (κ2) is 3.08. The van der Waals surface area contributed by atoms with E-state index >= 15 is 0 Å². The third kappa shape index (κ3) is 1.58. The fourth-order valence-electron chi connectivity index (χ4n) is 1.49. The minimum Gasteiger partial charge on any atom is -0.508 e. The highest BCUT2D eigenvalue weighted by molar-refractivity contribution is 5.56. The van der Waals surface area contributed by atoms with Crippen LogP contribution in [0.5, 0.6) is 5.75 Å². The predicted molar refractivity (Wildman–Crippen MR) is 53.4 cm³/mol. The molecular weight excluding hydrogens is 192 g/mol. The number of hydrogen-bond acceptors (Lipinski definition) is 4. The first-order valence-electron chi connectivity index (χ1n) is 4.96. The van der Waals surface area contributed by atoms with Gasteiger partial charge in [0.1, 0.15) is 5.75 Å². The van der Waals surface area contributed by atoms with E-state index in [4.69, 9.17) is 4.52 Å². The summed E-state index contributed by atoms with van der Waals surface area (Å²) in [6.07, 6.45) is 2.28. The van der Waals surface area contributed by atoms with Crippen molar-refractivity contribution in [2.75, 3.05) is 0 Å². The molecule has 2 aromatic rings. The molecule has 1 saturated carbocycles. The van der Waals surface area contributed by atoms with Crippen molar-refractivity contribution in [3.63, 3.8) is 0 Å². The summed E-state index contributed by atoms with van der Waals surface area (Å²) in [5.41, 5.74) is 0.783. The van der Waals surface area contributed by atoms with Crippen molar-refractivity contribution in [2.24, 2.45) is 0 Å². The summed E-state index contributed by atoms with van der Waals surface area (Å²) < 4.78 is 5.14. The Hall–Kier alpha value is -1.84.